The van der Waals surface area contributed by atoms with Gasteiger partial charge in [0.1, 0.15) is 0 Å². The zero-order valence-electron chi connectivity index (χ0n) is 11.8. The third-order valence-electron chi connectivity index (χ3n) is 3.27. The molecule has 0 radical (unpaired) electrons. The SMILES string of the molecule is CCNC(Cc1nc2ccccc2s1)CC(C)OC. The van der Waals surface area contributed by atoms with Gasteiger partial charge in [-0.25, -0.2) is 4.98 Å². The van der Waals surface area contributed by atoms with Crippen LogP contribution in [0.2, 0.25) is 0 Å². The Hall–Kier alpha value is -0.970. The number of ether oxygens (including phenoxy) is 1. The number of methoxy groups -OCH3 is 1. The Morgan fingerprint density at radius 3 is 2.84 bits per heavy atom. The van der Waals surface area contributed by atoms with Crippen molar-refractivity contribution in [3.8, 4) is 0 Å². The molecule has 3 nitrogen and oxygen atoms in total. The van der Waals surface area contributed by atoms with Gasteiger partial charge in [-0.2, -0.15) is 0 Å². The molecule has 1 N–H and O–H groups in total. The smallest absolute Gasteiger partial charge is 0.0954 e. The topological polar surface area (TPSA) is 34.2 Å². The molecule has 0 amide bonds. The predicted molar refractivity (Wildman–Crippen MR) is 81.9 cm³/mol. The highest BCUT2D eigenvalue weighted by atomic mass is 32.1. The second-order valence-corrected chi connectivity index (χ2v) is 5.93. The minimum Gasteiger partial charge on any atom is -0.382 e. The molecule has 0 saturated heterocycles. The van der Waals surface area contributed by atoms with Gasteiger partial charge in [-0.05, 0) is 32.0 Å². The quantitative estimate of drug-likeness (QED) is 0.844. The van der Waals surface area contributed by atoms with Gasteiger partial charge in [0, 0.05) is 19.6 Å². The zero-order valence-corrected chi connectivity index (χ0v) is 12.7. The lowest BCUT2D eigenvalue weighted by atomic mass is 10.1. The maximum absolute atomic E-state index is 5.37. The van der Waals surface area contributed by atoms with E-state index in [9.17, 15) is 0 Å². The molecule has 0 aliphatic rings. The fourth-order valence-electron chi connectivity index (χ4n) is 2.24. The number of rotatable bonds is 7. The maximum atomic E-state index is 5.37. The number of nitrogens with zero attached hydrogens (tertiary/aromatic N) is 1. The summed E-state index contributed by atoms with van der Waals surface area (Å²) in [5.41, 5.74) is 1.11. The van der Waals surface area contributed by atoms with Crippen LogP contribution in [0.25, 0.3) is 10.2 Å². The molecule has 0 aliphatic carbocycles. The summed E-state index contributed by atoms with van der Waals surface area (Å²) in [5, 5.41) is 4.73. The number of fused-ring (bicyclic) bond motifs is 1. The van der Waals surface area contributed by atoms with Crippen molar-refractivity contribution in [2.75, 3.05) is 13.7 Å². The first-order chi connectivity index (χ1) is 9.22. The molecule has 104 valence electrons. The third-order valence-corrected chi connectivity index (χ3v) is 4.33. The van der Waals surface area contributed by atoms with Crippen molar-refractivity contribution < 1.29 is 4.74 Å². The first-order valence-electron chi connectivity index (χ1n) is 6.83. The van der Waals surface area contributed by atoms with Crippen LogP contribution in [0.5, 0.6) is 0 Å². The second kappa shape index (κ2) is 6.98. The number of likely N-dealkylation sites (N-methyl/N-ethyl adjacent to an activating group) is 1. The van der Waals surface area contributed by atoms with Crippen LogP contribution in [0, 0.1) is 0 Å². The van der Waals surface area contributed by atoms with Crippen LogP contribution in [0.1, 0.15) is 25.3 Å². The van der Waals surface area contributed by atoms with E-state index in [0.717, 1.165) is 24.9 Å². The maximum Gasteiger partial charge on any atom is 0.0954 e. The van der Waals surface area contributed by atoms with Crippen LogP contribution in [-0.2, 0) is 11.2 Å². The lowest BCUT2D eigenvalue weighted by Crippen LogP contribution is -2.34. The molecular formula is C15H22N2OS. The molecule has 19 heavy (non-hydrogen) atoms. The molecule has 2 rings (SSSR count). The minimum absolute atomic E-state index is 0.276. The van der Waals surface area contributed by atoms with Gasteiger partial charge in [0.15, 0.2) is 0 Å². The predicted octanol–water partition coefficient (Wildman–Crippen LogP) is 3.24. The summed E-state index contributed by atoms with van der Waals surface area (Å²) in [7, 11) is 1.77. The molecule has 0 bridgehead atoms. The standard InChI is InChI=1S/C15H22N2OS/c1-4-16-12(9-11(2)18-3)10-15-17-13-7-5-6-8-14(13)19-15/h5-8,11-12,16H,4,9-10H2,1-3H3. The Kier molecular flexibility index (Phi) is 5.31. The summed E-state index contributed by atoms with van der Waals surface area (Å²) in [4.78, 5) is 4.71. The molecule has 2 unspecified atom stereocenters. The van der Waals surface area contributed by atoms with Crippen molar-refractivity contribution in [3.05, 3.63) is 29.3 Å². The lowest BCUT2D eigenvalue weighted by molar-refractivity contribution is 0.101. The zero-order chi connectivity index (χ0) is 13.7. The highest BCUT2D eigenvalue weighted by Gasteiger charge is 2.15. The molecule has 0 fully saturated rings. The van der Waals surface area contributed by atoms with Crippen molar-refractivity contribution in [1.82, 2.24) is 10.3 Å². The van der Waals surface area contributed by atoms with E-state index in [1.807, 2.05) is 6.07 Å². The normalized spacial score (nSPS) is 14.7. The number of hydrogen-bond acceptors (Lipinski definition) is 4. The summed E-state index contributed by atoms with van der Waals surface area (Å²) in [6.07, 6.45) is 2.26. The summed E-state index contributed by atoms with van der Waals surface area (Å²) in [5.74, 6) is 0. The summed E-state index contributed by atoms with van der Waals surface area (Å²) >= 11 is 1.79. The molecule has 0 spiro atoms. The lowest BCUT2D eigenvalue weighted by Gasteiger charge is -2.20. The number of nitrogens with one attached hydrogen (secondary N) is 1. The van der Waals surface area contributed by atoms with Crippen molar-refractivity contribution >= 4 is 21.6 Å². The Bertz CT molecular complexity index is 479. The van der Waals surface area contributed by atoms with Gasteiger partial charge in [0.2, 0.25) is 0 Å². The van der Waals surface area contributed by atoms with E-state index in [4.69, 9.17) is 9.72 Å². The number of hydrogen-bond donors (Lipinski definition) is 1. The van der Waals surface area contributed by atoms with E-state index >= 15 is 0 Å². The molecule has 0 aliphatic heterocycles. The first kappa shape index (κ1) is 14.4. The monoisotopic (exact) mass is 278 g/mol. The van der Waals surface area contributed by atoms with Crippen molar-refractivity contribution in [2.45, 2.75) is 38.8 Å². The van der Waals surface area contributed by atoms with E-state index in [-0.39, 0.29) is 6.10 Å². The molecular weight excluding hydrogens is 256 g/mol. The molecule has 2 aromatic rings. The Balaban J connectivity index is 2.07. The number of aromatic nitrogens is 1. The second-order valence-electron chi connectivity index (χ2n) is 4.82. The van der Waals surface area contributed by atoms with Crippen LogP contribution in [0.4, 0.5) is 0 Å². The Labute approximate surface area is 119 Å². The Morgan fingerprint density at radius 2 is 2.16 bits per heavy atom. The van der Waals surface area contributed by atoms with E-state index in [0.29, 0.717) is 6.04 Å². The average molecular weight is 278 g/mol. The van der Waals surface area contributed by atoms with Crippen molar-refractivity contribution in [1.29, 1.82) is 0 Å². The largest absolute Gasteiger partial charge is 0.382 e. The van der Waals surface area contributed by atoms with Crippen LogP contribution in [0.3, 0.4) is 0 Å². The van der Waals surface area contributed by atoms with E-state index in [2.05, 4.69) is 37.4 Å². The Morgan fingerprint density at radius 1 is 1.37 bits per heavy atom. The highest BCUT2D eigenvalue weighted by Crippen LogP contribution is 2.23. The van der Waals surface area contributed by atoms with Crippen molar-refractivity contribution in [3.63, 3.8) is 0 Å². The summed E-state index contributed by atoms with van der Waals surface area (Å²) in [6, 6.07) is 8.76. The fraction of sp³-hybridized carbons (Fsp3) is 0.533. The van der Waals surface area contributed by atoms with E-state index in [1.54, 1.807) is 18.4 Å². The van der Waals surface area contributed by atoms with Crippen LogP contribution < -0.4 is 5.32 Å². The van der Waals surface area contributed by atoms with Gasteiger partial charge in [0.05, 0.1) is 21.3 Å². The van der Waals surface area contributed by atoms with Gasteiger partial charge < -0.3 is 10.1 Å². The van der Waals surface area contributed by atoms with Crippen LogP contribution in [-0.4, -0.2) is 30.8 Å². The van der Waals surface area contributed by atoms with Gasteiger partial charge in [-0.3, -0.25) is 0 Å². The third kappa shape index (κ3) is 4.00. The van der Waals surface area contributed by atoms with Crippen LogP contribution >= 0.6 is 11.3 Å². The average Bonchev–Trinajstić information content (AvgIpc) is 2.80. The van der Waals surface area contributed by atoms with Crippen LogP contribution in [0.15, 0.2) is 24.3 Å². The highest BCUT2D eigenvalue weighted by molar-refractivity contribution is 7.18. The van der Waals surface area contributed by atoms with E-state index < -0.39 is 0 Å². The summed E-state index contributed by atoms with van der Waals surface area (Å²) < 4.78 is 6.64. The molecule has 1 aromatic carbocycles. The summed E-state index contributed by atoms with van der Waals surface area (Å²) in [6.45, 7) is 5.23. The first-order valence-corrected chi connectivity index (χ1v) is 7.65. The minimum atomic E-state index is 0.276. The van der Waals surface area contributed by atoms with E-state index in [1.165, 1.54) is 9.71 Å². The molecule has 0 saturated carbocycles. The number of thiazole rings is 1. The molecule has 1 heterocycles. The van der Waals surface area contributed by atoms with Crippen molar-refractivity contribution in [2.24, 2.45) is 0 Å². The fourth-order valence-corrected chi connectivity index (χ4v) is 3.29. The van der Waals surface area contributed by atoms with Gasteiger partial charge in [-0.1, -0.05) is 19.1 Å². The van der Waals surface area contributed by atoms with Gasteiger partial charge in [0.25, 0.3) is 0 Å². The van der Waals surface area contributed by atoms with Gasteiger partial charge in [-0.15, -0.1) is 11.3 Å². The number of para-hydroxylation sites is 1. The number of benzene rings is 1. The molecule has 1 aromatic heterocycles. The molecule has 2 atom stereocenters. The molecule has 4 heteroatoms. The van der Waals surface area contributed by atoms with Gasteiger partial charge >= 0.3 is 0 Å².